The second-order valence-corrected chi connectivity index (χ2v) is 5.24. The van der Waals surface area contributed by atoms with Crippen LogP contribution in [0.1, 0.15) is 38.5 Å². The van der Waals surface area contributed by atoms with E-state index in [-0.39, 0.29) is 5.91 Å². The van der Waals surface area contributed by atoms with Crippen molar-refractivity contribution in [2.24, 2.45) is 18.7 Å². The van der Waals surface area contributed by atoms with Gasteiger partial charge >= 0.3 is 0 Å². The van der Waals surface area contributed by atoms with E-state index in [1.807, 2.05) is 7.05 Å². The summed E-state index contributed by atoms with van der Waals surface area (Å²) in [6, 6.07) is -0.409. The molecule has 2 rings (SSSR count). The minimum atomic E-state index is -0.409. The van der Waals surface area contributed by atoms with Gasteiger partial charge in [-0.3, -0.25) is 9.48 Å². The van der Waals surface area contributed by atoms with Crippen molar-refractivity contribution in [3.8, 4) is 0 Å². The summed E-state index contributed by atoms with van der Waals surface area (Å²) in [7, 11) is 1.82. The summed E-state index contributed by atoms with van der Waals surface area (Å²) in [5.74, 6) is 0.516. The van der Waals surface area contributed by atoms with Crippen LogP contribution in [0.3, 0.4) is 0 Å². The number of aryl methyl sites for hydroxylation is 1. The van der Waals surface area contributed by atoms with E-state index in [0.717, 1.165) is 6.42 Å². The number of nitrogens with one attached hydrogen (secondary N) is 1. The van der Waals surface area contributed by atoms with E-state index in [9.17, 15) is 4.79 Å². The zero-order valence-corrected chi connectivity index (χ0v) is 10.9. The average molecular weight is 250 g/mol. The fraction of sp³-hybridized carbons (Fsp3) is 0.692. The summed E-state index contributed by atoms with van der Waals surface area (Å²) in [6.07, 6.45) is 10.5. The van der Waals surface area contributed by atoms with Gasteiger partial charge in [0.25, 0.3) is 0 Å². The Labute approximate surface area is 108 Å². The molecule has 18 heavy (non-hydrogen) atoms. The molecule has 1 aromatic heterocycles. The number of hydrogen-bond acceptors (Lipinski definition) is 3. The van der Waals surface area contributed by atoms with Crippen LogP contribution in [0.5, 0.6) is 0 Å². The fourth-order valence-electron chi connectivity index (χ4n) is 2.61. The lowest BCUT2D eigenvalue weighted by Gasteiger charge is -2.23. The maximum Gasteiger partial charge on any atom is 0.241 e. The molecule has 1 aromatic rings. The molecule has 100 valence electrons. The Hall–Kier alpha value is -1.36. The topological polar surface area (TPSA) is 72.9 Å². The monoisotopic (exact) mass is 250 g/mol. The highest BCUT2D eigenvalue weighted by atomic mass is 16.2. The van der Waals surface area contributed by atoms with Gasteiger partial charge < -0.3 is 11.1 Å². The summed E-state index contributed by atoms with van der Waals surface area (Å²) >= 11 is 0. The SMILES string of the molecule is Cn1cc(NC(=O)C(N)CC2CCCCC2)cn1. The summed E-state index contributed by atoms with van der Waals surface area (Å²) < 4.78 is 1.66. The van der Waals surface area contributed by atoms with Gasteiger partial charge in [0.05, 0.1) is 17.9 Å². The first kappa shape index (κ1) is 13.1. The first-order valence-electron chi connectivity index (χ1n) is 6.70. The first-order chi connectivity index (χ1) is 8.65. The summed E-state index contributed by atoms with van der Waals surface area (Å²) in [4.78, 5) is 11.9. The lowest BCUT2D eigenvalue weighted by atomic mass is 9.85. The number of nitrogens with zero attached hydrogens (tertiary/aromatic N) is 2. The lowest BCUT2D eigenvalue weighted by molar-refractivity contribution is -0.117. The molecule has 1 aliphatic rings. The molecule has 0 aromatic carbocycles. The number of aromatic nitrogens is 2. The number of carbonyl (C=O) groups excluding carboxylic acids is 1. The molecule has 1 fully saturated rings. The highest BCUT2D eigenvalue weighted by Gasteiger charge is 2.21. The van der Waals surface area contributed by atoms with Crippen LogP contribution in [-0.4, -0.2) is 21.7 Å². The van der Waals surface area contributed by atoms with Gasteiger partial charge in [-0.15, -0.1) is 0 Å². The smallest absolute Gasteiger partial charge is 0.241 e. The average Bonchev–Trinajstić information content (AvgIpc) is 2.76. The standard InChI is InChI=1S/C13H22N4O/c1-17-9-11(8-15-17)16-13(18)12(14)7-10-5-3-2-4-6-10/h8-10,12H,2-7,14H2,1H3,(H,16,18). The quantitative estimate of drug-likeness (QED) is 0.853. The predicted octanol–water partition coefficient (Wildman–Crippen LogP) is 1.66. The minimum Gasteiger partial charge on any atom is -0.322 e. The Balaban J connectivity index is 1.80. The number of rotatable bonds is 4. The van der Waals surface area contributed by atoms with Crippen molar-refractivity contribution >= 4 is 11.6 Å². The number of carbonyl (C=O) groups is 1. The molecular weight excluding hydrogens is 228 g/mol. The Morgan fingerprint density at radius 1 is 1.56 bits per heavy atom. The lowest BCUT2D eigenvalue weighted by Crippen LogP contribution is -2.37. The van der Waals surface area contributed by atoms with E-state index in [2.05, 4.69) is 10.4 Å². The van der Waals surface area contributed by atoms with Gasteiger partial charge in [0.2, 0.25) is 5.91 Å². The minimum absolute atomic E-state index is 0.103. The molecule has 1 atom stereocenters. The van der Waals surface area contributed by atoms with Gasteiger partial charge in [0, 0.05) is 13.2 Å². The van der Waals surface area contributed by atoms with Crippen LogP contribution in [0.15, 0.2) is 12.4 Å². The first-order valence-corrected chi connectivity index (χ1v) is 6.70. The van der Waals surface area contributed by atoms with Crippen LogP contribution in [0.2, 0.25) is 0 Å². The third-order valence-electron chi connectivity index (χ3n) is 3.62. The third-order valence-corrected chi connectivity index (χ3v) is 3.62. The van der Waals surface area contributed by atoms with Gasteiger partial charge in [-0.2, -0.15) is 5.10 Å². The molecule has 0 bridgehead atoms. The number of amides is 1. The Morgan fingerprint density at radius 2 is 2.28 bits per heavy atom. The van der Waals surface area contributed by atoms with E-state index in [1.165, 1.54) is 32.1 Å². The summed E-state index contributed by atoms with van der Waals surface area (Å²) in [5, 5.41) is 6.81. The van der Waals surface area contributed by atoms with Crippen molar-refractivity contribution in [3.05, 3.63) is 12.4 Å². The van der Waals surface area contributed by atoms with Crippen molar-refractivity contribution in [3.63, 3.8) is 0 Å². The Kier molecular flexibility index (Phi) is 4.36. The van der Waals surface area contributed by atoms with Crippen molar-refractivity contribution in [2.45, 2.75) is 44.6 Å². The van der Waals surface area contributed by atoms with Crippen LogP contribution >= 0.6 is 0 Å². The van der Waals surface area contributed by atoms with E-state index in [1.54, 1.807) is 17.1 Å². The largest absolute Gasteiger partial charge is 0.322 e. The van der Waals surface area contributed by atoms with Crippen LogP contribution in [-0.2, 0) is 11.8 Å². The van der Waals surface area contributed by atoms with E-state index < -0.39 is 6.04 Å². The van der Waals surface area contributed by atoms with Gasteiger partial charge in [0.15, 0.2) is 0 Å². The molecule has 0 radical (unpaired) electrons. The van der Waals surface area contributed by atoms with Gasteiger partial charge in [-0.05, 0) is 12.3 Å². The highest BCUT2D eigenvalue weighted by Crippen LogP contribution is 2.27. The van der Waals surface area contributed by atoms with Crippen LogP contribution in [0.25, 0.3) is 0 Å². The molecular formula is C13H22N4O. The van der Waals surface area contributed by atoms with Crippen molar-refractivity contribution < 1.29 is 4.79 Å². The zero-order chi connectivity index (χ0) is 13.0. The van der Waals surface area contributed by atoms with Gasteiger partial charge in [0.1, 0.15) is 0 Å². The second-order valence-electron chi connectivity index (χ2n) is 5.24. The number of anilines is 1. The molecule has 5 heteroatoms. The molecule has 1 saturated carbocycles. The van der Waals surface area contributed by atoms with Crippen LogP contribution < -0.4 is 11.1 Å². The third kappa shape index (κ3) is 3.57. The normalized spacial score (nSPS) is 18.6. The van der Waals surface area contributed by atoms with Crippen LogP contribution in [0, 0.1) is 5.92 Å². The molecule has 1 aliphatic carbocycles. The highest BCUT2D eigenvalue weighted by molar-refractivity contribution is 5.94. The molecule has 0 spiro atoms. The number of hydrogen-bond donors (Lipinski definition) is 2. The molecule has 1 amide bonds. The van der Waals surface area contributed by atoms with E-state index >= 15 is 0 Å². The molecule has 1 unspecified atom stereocenters. The van der Waals surface area contributed by atoms with Crippen LogP contribution in [0.4, 0.5) is 5.69 Å². The molecule has 5 nitrogen and oxygen atoms in total. The second kappa shape index (κ2) is 6.00. The molecule has 0 saturated heterocycles. The number of nitrogens with two attached hydrogens (primary N) is 1. The Bertz CT molecular complexity index is 395. The van der Waals surface area contributed by atoms with E-state index in [4.69, 9.17) is 5.73 Å². The van der Waals surface area contributed by atoms with Crippen molar-refractivity contribution in [1.82, 2.24) is 9.78 Å². The Morgan fingerprint density at radius 3 is 2.89 bits per heavy atom. The van der Waals surface area contributed by atoms with Gasteiger partial charge in [-0.1, -0.05) is 32.1 Å². The zero-order valence-electron chi connectivity index (χ0n) is 10.9. The van der Waals surface area contributed by atoms with E-state index in [0.29, 0.717) is 11.6 Å². The predicted molar refractivity (Wildman–Crippen MR) is 71.0 cm³/mol. The molecule has 1 heterocycles. The summed E-state index contributed by atoms with van der Waals surface area (Å²) in [6.45, 7) is 0. The summed E-state index contributed by atoms with van der Waals surface area (Å²) in [5.41, 5.74) is 6.67. The molecule has 0 aliphatic heterocycles. The maximum absolute atomic E-state index is 11.9. The maximum atomic E-state index is 11.9. The fourth-order valence-corrected chi connectivity index (χ4v) is 2.61. The molecule has 3 N–H and O–H groups in total. The van der Waals surface area contributed by atoms with Gasteiger partial charge in [-0.25, -0.2) is 0 Å². The van der Waals surface area contributed by atoms with Crippen molar-refractivity contribution in [2.75, 3.05) is 5.32 Å². The van der Waals surface area contributed by atoms with Crippen molar-refractivity contribution in [1.29, 1.82) is 0 Å².